The Bertz CT molecular complexity index is 369. The van der Waals surface area contributed by atoms with E-state index in [1.54, 1.807) is 0 Å². The van der Waals surface area contributed by atoms with Gasteiger partial charge < -0.3 is 14.7 Å². The molecule has 0 saturated heterocycles. The normalized spacial score (nSPS) is 31.1. The Hall–Kier alpha value is -0.925. The van der Waals surface area contributed by atoms with E-state index in [4.69, 9.17) is 10.0 Å². The lowest BCUT2D eigenvalue weighted by atomic mass is 9.90. The first-order chi connectivity index (χ1) is 7.21. The molecule has 0 aliphatic heterocycles. The van der Waals surface area contributed by atoms with Crippen LogP contribution in [-0.2, 0) is 4.65 Å². The average molecular weight is 244 g/mol. The van der Waals surface area contributed by atoms with Crippen LogP contribution in [0.4, 0.5) is 22.0 Å². The van der Waals surface area contributed by atoms with Crippen molar-refractivity contribution >= 4 is 7.32 Å². The number of rotatable bonds is 2. The zero-order valence-electron chi connectivity index (χ0n) is 7.85. The van der Waals surface area contributed by atoms with Crippen LogP contribution >= 0.6 is 0 Å². The minimum absolute atomic E-state index is 0.512. The molecule has 1 aliphatic rings. The van der Waals surface area contributed by atoms with Crippen molar-refractivity contribution in [3.05, 3.63) is 23.3 Å². The van der Waals surface area contributed by atoms with Gasteiger partial charge in [-0.3, -0.25) is 0 Å². The van der Waals surface area contributed by atoms with Crippen LogP contribution in [0.1, 0.15) is 6.92 Å². The van der Waals surface area contributed by atoms with E-state index in [0.717, 1.165) is 0 Å². The Balaban J connectivity index is 3.24. The minimum Gasteiger partial charge on any atom is -0.402 e. The largest absolute Gasteiger partial charge is 0.634 e. The van der Waals surface area contributed by atoms with Crippen LogP contribution in [0.3, 0.4) is 0 Å². The fraction of sp³-hybridized carbons (Fsp3) is 0.429. The maximum absolute atomic E-state index is 13.2. The van der Waals surface area contributed by atoms with Crippen molar-refractivity contribution in [1.82, 2.24) is 0 Å². The Morgan fingerprint density at radius 3 is 2.12 bits per heavy atom. The number of halogens is 5. The van der Waals surface area contributed by atoms with Crippen LogP contribution in [0.2, 0.25) is 0 Å². The number of hydrogen-bond acceptors (Lipinski definition) is 3. The van der Waals surface area contributed by atoms with Crippen LogP contribution in [0.5, 0.6) is 0 Å². The standard InChI is InChI=1S/C7H6BF5O3/c1-7(16-8(14)15)5(12)3(10)2(9)4(11)6(7)13/h5,14-15H,1H3. The smallest absolute Gasteiger partial charge is 0.402 e. The van der Waals surface area contributed by atoms with Crippen LogP contribution in [0, 0.1) is 0 Å². The van der Waals surface area contributed by atoms with Crippen molar-refractivity contribution in [3.8, 4) is 0 Å². The molecule has 3 nitrogen and oxygen atoms in total. The van der Waals surface area contributed by atoms with Gasteiger partial charge >= 0.3 is 7.32 Å². The Labute approximate surface area is 87.0 Å². The molecule has 0 heterocycles. The number of hydrogen-bond donors (Lipinski definition) is 2. The lowest BCUT2D eigenvalue weighted by molar-refractivity contribution is -0.0185. The summed E-state index contributed by atoms with van der Waals surface area (Å²) in [6.07, 6.45) is -3.02. The lowest BCUT2D eigenvalue weighted by Gasteiger charge is -2.33. The third-order valence-electron chi connectivity index (χ3n) is 2.09. The molecule has 0 aromatic rings. The van der Waals surface area contributed by atoms with Gasteiger partial charge in [0, 0.05) is 0 Å². The van der Waals surface area contributed by atoms with Gasteiger partial charge in [-0.25, -0.2) is 22.0 Å². The van der Waals surface area contributed by atoms with E-state index >= 15 is 0 Å². The van der Waals surface area contributed by atoms with E-state index in [1.807, 2.05) is 0 Å². The van der Waals surface area contributed by atoms with E-state index in [9.17, 15) is 22.0 Å². The predicted molar refractivity (Wildman–Crippen MR) is 43.1 cm³/mol. The molecule has 0 radical (unpaired) electrons. The molecule has 1 aliphatic carbocycles. The summed E-state index contributed by atoms with van der Waals surface area (Å²) in [5.74, 6) is -8.87. The fourth-order valence-electron chi connectivity index (χ4n) is 1.21. The van der Waals surface area contributed by atoms with Crippen LogP contribution in [0.15, 0.2) is 23.3 Å². The molecule has 2 N–H and O–H groups in total. The summed E-state index contributed by atoms with van der Waals surface area (Å²) in [6, 6.07) is 0. The highest BCUT2D eigenvalue weighted by Crippen LogP contribution is 2.43. The molecule has 0 aromatic carbocycles. The second-order valence-corrected chi connectivity index (χ2v) is 3.20. The average Bonchev–Trinajstić information content (AvgIpc) is 2.21. The molecule has 16 heavy (non-hydrogen) atoms. The van der Waals surface area contributed by atoms with Crippen molar-refractivity contribution < 1.29 is 36.7 Å². The van der Waals surface area contributed by atoms with Crippen molar-refractivity contribution in [2.45, 2.75) is 18.7 Å². The van der Waals surface area contributed by atoms with Gasteiger partial charge in [-0.1, -0.05) is 0 Å². The SMILES string of the molecule is CC1(OB(O)O)C(F)=C(F)C(F)=C(F)C1F. The maximum atomic E-state index is 13.2. The summed E-state index contributed by atoms with van der Waals surface area (Å²) in [7, 11) is -2.67. The summed E-state index contributed by atoms with van der Waals surface area (Å²) < 4.78 is 68.4. The topological polar surface area (TPSA) is 49.7 Å². The first-order valence-corrected chi connectivity index (χ1v) is 4.01. The molecule has 0 saturated carbocycles. The van der Waals surface area contributed by atoms with Gasteiger partial charge in [-0.15, -0.1) is 0 Å². The van der Waals surface area contributed by atoms with E-state index in [0.29, 0.717) is 6.92 Å². The van der Waals surface area contributed by atoms with Crippen LogP contribution < -0.4 is 0 Å². The maximum Gasteiger partial charge on any atom is 0.634 e. The molecule has 0 bridgehead atoms. The zero-order chi connectivity index (χ0) is 12.7. The fourth-order valence-corrected chi connectivity index (χ4v) is 1.21. The second-order valence-electron chi connectivity index (χ2n) is 3.20. The van der Waals surface area contributed by atoms with E-state index in [-0.39, 0.29) is 0 Å². The van der Waals surface area contributed by atoms with E-state index < -0.39 is 42.4 Å². The summed E-state index contributed by atoms with van der Waals surface area (Å²) in [5, 5.41) is 16.7. The van der Waals surface area contributed by atoms with Gasteiger partial charge in [-0.05, 0) is 6.92 Å². The second kappa shape index (κ2) is 4.15. The summed E-state index contributed by atoms with van der Waals surface area (Å²) >= 11 is 0. The molecular weight excluding hydrogens is 238 g/mol. The van der Waals surface area contributed by atoms with Gasteiger partial charge in [0.05, 0.1) is 0 Å². The van der Waals surface area contributed by atoms with Crippen molar-refractivity contribution in [2.75, 3.05) is 0 Å². The van der Waals surface area contributed by atoms with Gasteiger partial charge in [0.15, 0.2) is 29.5 Å². The molecule has 0 fully saturated rings. The Morgan fingerprint density at radius 1 is 1.19 bits per heavy atom. The molecule has 90 valence electrons. The summed E-state index contributed by atoms with van der Waals surface area (Å²) in [4.78, 5) is 0. The Kier molecular flexibility index (Phi) is 3.41. The highest BCUT2D eigenvalue weighted by Gasteiger charge is 2.52. The molecule has 9 heteroatoms. The summed E-state index contributed by atoms with van der Waals surface area (Å²) in [6.45, 7) is 0.512. The molecule has 2 unspecified atom stereocenters. The third-order valence-corrected chi connectivity index (χ3v) is 2.09. The van der Waals surface area contributed by atoms with Crippen molar-refractivity contribution in [3.63, 3.8) is 0 Å². The first-order valence-electron chi connectivity index (χ1n) is 4.01. The van der Waals surface area contributed by atoms with Gasteiger partial charge in [0.2, 0.25) is 0 Å². The number of alkyl halides is 1. The molecular formula is C7H6BF5O3. The number of allylic oxidation sites excluding steroid dienone is 2. The van der Waals surface area contributed by atoms with Crippen LogP contribution in [0.25, 0.3) is 0 Å². The molecule has 0 spiro atoms. The van der Waals surface area contributed by atoms with Crippen molar-refractivity contribution in [2.24, 2.45) is 0 Å². The van der Waals surface area contributed by atoms with Crippen LogP contribution in [-0.4, -0.2) is 29.1 Å². The van der Waals surface area contributed by atoms with E-state index in [1.165, 1.54) is 0 Å². The first kappa shape index (κ1) is 13.1. The zero-order valence-corrected chi connectivity index (χ0v) is 7.85. The van der Waals surface area contributed by atoms with Gasteiger partial charge in [0.25, 0.3) is 0 Å². The van der Waals surface area contributed by atoms with Gasteiger partial charge in [-0.2, -0.15) is 0 Å². The lowest BCUT2D eigenvalue weighted by Crippen LogP contribution is -2.47. The monoisotopic (exact) mass is 244 g/mol. The van der Waals surface area contributed by atoms with Gasteiger partial charge in [0.1, 0.15) is 5.60 Å². The molecule has 0 amide bonds. The van der Waals surface area contributed by atoms with E-state index in [2.05, 4.69) is 4.65 Å². The molecule has 0 aromatic heterocycles. The molecule has 2 atom stereocenters. The Morgan fingerprint density at radius 2 is 1.69 bits per heavy atom. The third kappa shape index (κ3) is 1.85. The van der Waals surface area contributed by atoms with Crippen molar-refractivity contribution in [1.29, 1.82) is 0 Å². The molecule has 1 rings (SSSR count). The predicted octanol–water partition coefficient (Wildman–Crippen LogP) is 1.38. The summed E-state index contributed by atoms with van der Waals surface area (Å²) in [5.41, 5.74) is -2.96. The highest BCUT2D eigenvalue weighted by molar-refractivity contribution is 6.32. The quantitative estimate of drug-likeness (QED) is 0.569. The highest BCUT2D eigenvalue weighted by atomic mass is 19.2. The minimum atomic E-state index is -3.02.